The lowest BCUT2D eigenvalue weighted by Crippen LogP contribution is -2.61. The highest BCUT2D eigenvalue weighted by atomic mass is 32.3. The summed E-state index contributed by atoms with van der Waals surface area (Å²) in [4.78, 5) is 12.9. The molecule has 47 heavy (non-hydrogen) atoms. The molecule has 0 spiro atoms. The van der Waals surface area contributed by atoms with Gasteiger partial charge >= 0.3 is 10.4 Å². The fraction of sp³-hybridized carbons (Fsp3) is 0.848. The molecule has 13 nitrogen and oxygen atoms in total. The van der Waals surface area contributed by atoms with Gasteiger partial charge in [-0.15, -0.1) is 0 Å². The zero-order valence-corrected chi connectivity index (χ0v) is 29.0. The molecule has 8 unspecified atom stereocenters. The number of allylic oxidation sites excluding steroid dienone is 3. The smallest absolute Gasteiger partial charge is 0.394 e. The average Bonchev–Trinajstić information content (AvgIpc) is 3.03. The Kier molecular flexibility index (Phi) is 23.6. The number of hydrogen-bond acceptors (Lipinski definition) is 11. The Morgan fingerprint density at radius 1 is 0.851 bits per heavy atom. The normalized spacial score (nSPS) is 24.1. The largest absolute Gasteiger partial charge is 0.397 e. The molecule has 0 aliphatic carbocycles. The summed E-state index contributed by atoms with van der Waals surface area (Å²) in [6.45, 7) is 3.05. The van der Waals surface area contributed by atoms with Gasteiger partial charge in [-0.25, -0.2) is 4.18 Å². The minimum Gasteiger partial charge on any atom is -0.394 e. The van der Waals surface area contributed by atoms with E-state index in [2.05, 4.69) is 35.5 Å². The molecule has 1 aliphatic heterocycles. The lowest BCUT2D eigenvalue weighted by Gasteiger charge is -2.41. The van der Waals surface area contributed by atoms with Gasteiger partial charge in [0.25, 0.3) is 0 Å². The van der Waals surface area contributed by atoms with E-state index >= 15 is 0 Å². The van der Waals surface area contributed by atoms with Crippen molar-refractivity contribution >= 4 is 16.3 Å². The van der Waals surface area contributed by atoms with Crippen LogP contribution in [0.25, 0.3) is 0 Å². The quantitative estimate of drug-likeness (QED) is 0.0375. The highest BCUT2D eigenvalue weighted by Crippen LogP contribution is 2.26. The van der Waals surface area contributed by atoms with E-state index in [0.717, 1.165) is 38.5 Å². The molecule has 1 fully saturated rings. The summed E-state index contributed by atoms with van der Waals surface area (Å²) in [5.74, 6) is -0.721. The van der Waals surface area contributed by atoms with Crippen molar-refractivity contribution < 1.29 is 57.0 Å². The van der Waals surface area contributed by atoms with Crippen molar-refractivity contribution in [2.75, 3.05) is 13.2 Å². The molecule has 0 aromatic carbocycles. The number of carbonyl (C=O) groups is 1. The standard InChI is InChI=1S/C33H61NO12S/c1-3-5-7-9-11-13-14-16-17-19-21-26(36)25(34-32(40)27(37)22-20-18-15-12-10-8-6-4-2)24-44-33-30(39)31(46-47(41,42)43)29(38)28(23-35)45-33/h13-14,19,21,25-31,33,35-39H,3-12,15-18,20,22-24H2,1-2H3,(H,34,40)(H,41,42,43)/b14-13+,21-19+. The monoisotopic (exact) mass is 695 g/mol. The number of nitrogens with one attached hydrogen (secondary N) is 1. The van der Waals surface area contributed by atoms with E-state index in [1.165, 1.54) is 51.0 Å². The second-order valence-electron chi connectivity index (χ2n) is 12.2. The molecule has 0 saturated carbocycles. The maximum Gasteiger partial charge on any atom is 0.397 e. The molecule has 8 atom stereocenters. The number of aliphatic hydroxyl groups is 5. The molecular weight excluding hydrogens is 634 g/mol. The predicted molar refractivity (Wildman–Crippen MR) is 178 cm³/mol. The molecule has 1 rings (SSSR count). The first-order chi connectivity index (χ1) is 22.4. The van der Waals surface area contributed by atoms with Crippen molar-refractivity contribution in [1.82, 2.24) is 5.32 Å². The maximum atomic E-state index is 12.9. The number of amides is 1. The van der Waals surface area contributed by atoms with Crippen molar-refractivity contribution in [3.63, 3.8) is 0 Å². The molecular formula is C33H61NO12S. The Hall–Kier alpha value is -1.46. The Labute approximate surface area is 281 Å². The minimum atomic E-state index is -5.11. The van der Waals surface area contributed by atoms with Crippen LogP contribution >= 0.6 is 0 Å². The highest BCUT2D eigenvalue weighted by molar-refractivity contribution is 7.80. The second kappa shape index (κ2) is 25.5. The number of aliphatic hydroxyl groups excluding tert-OH is 5. The number of hydrogen-bond donors (Lipinski definition) is 7. The summed E-state index contributed by atoms with van der Waals surface area (Å²) in [5, 5.41) is 54.5. The lowest BCUT2D eigenvalue weighted by atomic mass is 9.99. The molecule has 0 aromatic rings. The summed E-state index contributed by atoms with van der Waals surface area (Å²) in [6, 6.07) is -1.13. The average molecular weight is 696 g/mol. The number of unbranched alkanes of at least 4 members (excludes halogenated alkanes) is 12. The Morgan fingerprint density at radius 3 is 2.04 bits per heavy atom. The van der Waals surface area contributed by atoms with Gasteiger partial charge in [-0.1, -0.05) is 109 Å². The van der Waals surface area contributed by atoms with Crippen LogP contribution in [0.5, 0.6) is 0 Å². The van der Waals surface area contributed by atoms with Gasteiger partial charge in [0.1, 0.15) is 30.5 Å². The van der Waals surface area contributed by atoms with Crippen molar-refractivity contribution in [2.45, 2.75) is 166 Å². The van der Waals surface area contributed by atoms with Crippen LogP contribution in [0, 0.1) is 0 Å². The van der Waals surface area contributed by atoms with Crippen LogP contribution < -0.4 is 5.32 Å². The zero-order valence-electron chi connectivity index (χ0n) is 28.2. The molecule has 0 radical (unpaired) electrons. The third kappa shape index (κ3) is 19.4. The van der Waals surface area contributed by atoms with Crippen molar-refractivity contribution in [3.8, 4) is 0 Å². The Balaban J connectivity index is 2.83. The van der Waals surface area contributed by atoms with Crippen molar-refractivity contribution in [3.05, 3.63) is 24.3 Å². The number of carbonyl (C=O) groups excluding carboxylic acids is 1. The fourth-order valence-electron chi connectivity index (χ4n) is 5.24. The van der Waals surface area contributed by atoms with Crippen LogP contribution in [-0.4, -0.2) is 107 Å². The summed E-state index contributed by atoms with van der Waals surface area (Å²) >= 11 is 0. The molecule has 1 amide bonds. The third-order valence-electron chi connectivity index (χ3n) is 8.09. The third-order valence-corrected chi connectivity index (χ3v) is 8.56. The van der Waals surface area contributed by atoms with E-state index in [1.54, 1.807) is 6.08 Å². The number of rotatable bonds is 27. The topological polar surface area (TPSA) is 212 Å². The molecule has 0 bridgehead atoms. The summed E-state index contributed by atoms with van der Waals surface area (Å²) < 4.78 is 47.0. The Bertz CT molecular complexity index is 979. The highest BCUT2D eigenvalue weighted by Gasteiger charge is 2.48. The van der Waals surface area contributed by atoms with Gasteiger partial charge in [0, 0.05) is 0 Å². The molecule has 7 N–H and O–H groups in total. The van der Waals surface area contributed by atoms with Crippen LogP contribution in [0.3, 0.4) is 0 Å². The van der Waals surface area contributed by atoms with Gasteiger partial charge in [-0.3, -0.25) is 9.35 Å². The maximum absolute atomic E-state index is 12.9. The van der Waals surface area contributed by atoms with Gasteiger partial charge in [-0.2, -0.15) is 8.42 Å². The van der Waals surface area contributed by atoms with Gasteiger partial charge in [0.15, 0.2) is 6.29 Å². The van der Waals surface area contributed by atoms with Gasteiger partial charge in [0.2, 0.25) is 5.91 Å². The molecule has 1 saturated heterocycles. The molecule has 276 valence electrons. The predicted octanol–water partition coefficient (Wildman–Crippen LogP) is 3.23. The van der Waals surface area contributed by atoms with Crippen LogP contribution in [0.15, 0.2) is 24.3 Å². The summed E-state index contributed by atoms with van der Waals surface area (Å²) in [7, 11) is -5.11. The van der Waals surface area contributed by atoms with Crippen molar-refractivity contribution in [2.24, 2.45) is 0 Å². The van der Waals surface area contributed by atoms with Crippen molar-refractivity contribution in [1.29, 1.82) is 0 Å². The van der Waals surface area contributed by atoms with Crippen LogP contribution in [0.4, 0.5) is 0 Å². The number of ether oxygens (including phenoxy) is 2. The molecule has 1 heterocycles. The lowest BCUT2D eigenvalue weighted by molar-refractivity contribution is -0.298. The fourth-order valence-corrected chi connectivity index (χ4v) is 5.75. The second-order valence-corrected chi connectivity index (χ2v) is 13.3. The van der Waals surface area contributed by atoms with E-state index in [4.69, 9.17) is 14.0 Å². The first-order valence-corrected chi connectivity index (χ1v) is 18.7. The zero-order chi connectivity index (χ0) is 35.1. The van der Waals surface area contributed by atoms with E-state index in [-0.39, 0.29) is 6.42 Å². The van der Waals surface area contributed by atoms with E-state index < -0.39 is 78.5 Å². The first kappa shape index (κ1) is 43.6. The van der Waals surface area contributed by atoms with Gasteiger partial charge in [0.05, 0.1) is 25.4 Å². The van der Waals surface area contributed by atoms with Gasteiger partial charge < -0.3 is 40.3 Å². The summed E-state index contributed by atoms with van der Waals surface area (Å²) in [5.41, 5.74) is 0. The molecule has 14 heteroatoms. The summed E-state index contributed by atoms with van der Waals surface area (Å²) in [6.07, 6.45) is 11.8. The van der Waals surface area contributed by atoms with Gasteiger partial charge in [-0.05, 0) is 32.1 Å². The molecule has 0 aromatic heterocycles. The molecule has 1 aliphatic rings. The van der Waals surface area contributed by atoms with Crippen LogP contribution in [-0.2, 0) is 28.9 Å². The SMILES string of the molecule is CCCCCC/C=C/CC/C=C/C(O)C(COC1OC(CO)C(O)C(OS(=O)(=O)O)C1O)NC(=O)C(O)CCCCCCCCCC. The first-order valence-electron chi connectivity index (χ1n) is 17.3. The Morgan fingerprint density at radius 2 is 1.43 bits per heavy atom. The van der Waals surface area contributed by atoms with Crippen LogP contribution in [0.1, 0.15) is 117 Å². The van der Waals surface area contributed by atoms with E-state index in [9.17, 15) is 38.7 Å². The van der Waals surface area contributed by atoms with Crippen LogP contribution in [0.2, 0.25) is 0 Å². The minimum absolute atomic E-state index is 0.236. The van der Waals surface area contributed by atoms with E-state index in [0.29, 0.717) is 12.8 Å². The van der Waals surface area contributed by atoms with E-state index in [1.807, 2.05) is 0 Å².